The summed E-state index contributed by atoms with van der Waals surface area (Å²) in [4.78, 5) is 0. The minimum Gasteiger partial charge on any atom is -0.372 e. The summed E-state index contributed by atoms with van der Waals surface area (Å²) in [6.45, 7) is 11.3. The van der Waals surface area contributed by atoms with Crippen LogP contribution in [0.5, 0.6) is 0 Å². The molecule has 3 saturated heterocycles. The third kappa shape index (κ3) is 4.28. The third-order valence-corrected chi connectivity index (χ3v) is 6.85. The molecule has 134 valence electrons. The van der Waals surface area contributed by atoms with E-state index < -0.39 is 0 Å². The van der Waals surface area contributed by atoms with Crippen LogP contribution in [0.3, 0.4) is 0 Å². The lowest BCUT2D eigenvalue weighted by Crippen LogP contribution is -2.61. The number of hydrogen-bond acceptors (Lipinski definition) is 2. The lowest BCUT2D eigenvalue weighted by molar-refractivity contribution is -0.947. The van der Waals surface area contributed by atoms with Crippen LogP contribution >= 0.6 is 0 Å². The quantitative estimate of drug-likeness (QED) is 0.722. The fraction of sp³-hybridized carbons (Fsp3) is 1.00. The highest BCUT2D eigenvalue weighted by Gasteiger charge is 2.43. The van der Waals surface area contributed by atoms with Gasteiger partial charge in [-0.3, -0.25) is 0 Å². The molecule has 3 heterocycles. The molecular weight excluding hydrogens is 288 g/mol. The number of fused-ring (bicyclic) bond motifs is 1. The van der Waals surface area contributed by atoms with E-state index in [-0.39, 0.29) is 0 Å². The Hall–Kier alpha value is -0.160. The Morgan fingerprint density at radius 2 is 1.74 bits per heavy atom. The van der Waals surface area contributed by atoms with Crippen LogP contribution in [0, 0.1) is 5.92 Å². The molecule has 0 saturated carbocycles. The Balaban J connectivity index is 1.49. The molecule has 4 heteroatoms. The van der Waals surface area contributed by atoms with Crippen LogP contribution in [0.15, 0.2) is 0 Å². The summed E-state index contributed by atoms with van der Waals surface area (Å²) in [7, 11) is 4.86. The van der Waals surface area contributed by atoms with E-state index in [4.69, 9.17) is 9.47 Å². The molecule has 0 amide bonds. The Bertz CT molecular complexity index is 380. The number of rotatable bonds is 5. The van der Waals surface area contributed by atoms with E-state index in [0.29, 0.717) is 6.10 Å². The summed E-state index contributed by atoms with van der Waals surface area (Å²) in [5.41, 5.74) is 0. The minimum absolute atomic E-state index is 0.363. The first-order chi connectivity index (χ1) is 11.0. The highest BCUT2D eigenvalue weighted by Crippen LogP contribution is 2.36. The van der Waals surface area contributed by atoms with Gasteiger partial charge >= 0.3 is 0 Å². The van der Waals surface area contributed by atoms with Crippen LogP contribution < -0.4 is 0 Å². The fourth-order valence-electron chi connectivity index (χ4n) is 5.36. The van der Waals surface area contributed by atoms with Gasteiger partial charge in [-0.15, -0.1) is 0 Å². The van der Waals surface area contributed by atoms with Crippen molar-refractivity contribution in [1.29, 1.82) is 0 Å². The van der Waals surface area contributed by atoms with E-state index in [1.165, 1.54) is 49.7 Å². The molecule has 0 N–H and O–H groups in total. The topological polar surface area (TPSA) is 18.5 Å². The van der Waals surface area contributed by atoms with Crippen LogP contribution in [0.1, 0.15) is 39.0 Å². The van der Waals surface area contributed by atoms with E-state index >= 15 is 0 Å². The van der Waals surface area contributed by atoms with Crippen molar-refractivity contribution >= 4 is 0 Å². The van der Waals surface area contributed by atoms with Gasteiger partial charge in [0.05, 0.1) is 53.0 Å². The molecule has 3 fully saturated rings. The summed E-state index contributed by atoms with van der Waals surface area (Å²) >= 11 is 0. The molecule has 1 unspecified atom stereocenters. The van der Waals surface area contributed by atoms with Gasteiger partial charge in [0.15, 0.2) is 0 Å². The lowest BCUT2D eigenvalue weighted by atomic mass is 9.82. The zero-order valence-electron chi connectivity index (χ0n) is 15.6. The molecule has 0 spiro atoms. The monoisotopic (exact) mass is 326 g/mol. The maximum atomic E-state index is 6.38. The Kier molecular flexibility index (Phi) is 5.67. The van der Waals surface area contributed by atoms with Gasteiger partial charge in [-0.25, -0.2) is 0 Å². The van der Waals surface area contributed by atoms with Crippen LogP contribution in [0.25, 0.3) is 0 Å². The van der Waals surface area contributed by atoms with Crippen molar-refractivity contribution in [1.82, 2.24) is 0 Å². The van der Waals surface area contributed by atoms with Gasteiger partial charge in [-0.2, -0.15) is 0 Å². The molecule has 0 aromatic carbocycles. The third-order valence-electron chi connectivity index (χ3n) is 6.85. The number of hydrogen-bond donors (Lipinski definition) is 0. The molecule has 4 nitrogen and oxygen atoms in total. The second-order valence-electron chi connectivity index (χ2n) is 8.90. The summed E-state index contributed by atoms with van der Waals surface area (Å²) in [6.07, 6.45) is 7.41. The number of nitrogens with zero attached hydrogens (tertiary/aromatic N) is 2. The molecule has 0 radical (unpaired) electrons. The fourth-order valence-corrected chi connectivity index (χ4v) is 5.36. The summed E-state index contributed by atoms with van der Waals surface area (Å²) < 4.78 is 14.3. The van der Waals surface area contributed by atoms with Crippen molar-refractivity contribution in [3.63, 3.8) is 0 Å². The van der Waals surface area contributed by atoms with Crippen molar-refractivity contribution in [3.05, 3.63) is 0 Å². The molecule has 23 heavy (non-hydrogen) atoms. The van der Waals surface area contributed by atoms with Crippen LogP contribution in [0.4, 0.5) is 0 Å². The Labute approximate surface area is 142 Å². The van der Waals surface area contributed by atoms with Crippen molar-refractivity contribution < 1.29 is 18.4 Å². The van der Waals surface area contributed by atoms with Gasteiger partial charge in [-0.1, -0.05) is 0 Å². The smallest absolute Gasteiger partial charge is 0.105 e. The summed E-state index contributed by atoms with van der Waals surface area (Å²) in [5, 5.41) is 0. The van der Waals surface area contributed by atoms with Crippen LogP contribution in [0.2, 0.25) is 0 Å². The predicted molar refractivity (Wildman–Crippen MR) is 93.3 cm³/mol. The van der Waals surface area contributed by atoms with Gasteiger partial charge < -0.3 is 18.4 Å². The molecule has 0 aromatic heterocycles. The number of quaternary nitrogens is 2. The normalized spacial score (nSPS) is 38.7. The first-order valence-electron chi connectivity index (χ1n) is 9.88. The number of morpholine rings is 1. The molecule has 3 rings (SSSR count). The van der Waals surface area contributed by atoms with Gasteiger partial charge in [-0.05, 0) is 32.6 Å². The maximum absolute atomic E-state index is 6.38. The zero-order chi connectivity index (χ0) is 16.3. The first-order valence-corrected chi connectivity index (χ1v) is 9.88. The summed E-state index contributed by atoms with van der Waals surface area (Å²) in [5.74, 6) is 0.784. The first kappa shape index (κ1) is 17.7. The molecule has 0 bridgehead atoms. The maximum Gasteiger partial charge on any atom is 0.105 e. The second kappa shape index (κ2) is 7.38. The van der Waals surface area contributed by atoms with Crippen molar-refractivity contribution in [3.8, 4) is 0 Å². The lowest BCUT2D eigenvalue weighted by Gasteiger charge is -2.51. The molecule has 0 aromatic rings. The number of ether oxygens (including phenoxy) is 2. The standard InChI is InChI=1S/C19H38N2O2/c1-17(15-20(2)11-13-22-14-12-20)23-16-18-7-6-10-21(3)9-5-4-8-19(18)21/h17-19H,4-16H2,1-3H3/q+2/t17-,18+,19-,21?/m1/s1. The van der Waals surface area contributed by atoms with E-state index in [1.807, 2.05) is 0 Å². The van der Waals surface area contributed by atoms with E-state index in [0.717, 1.165) is 55.9 Å². The zero-order valence-corrected chi connectivity index (χ0v) is 15.6. The van der Waals surface area contributed by atoms with Gasteiger partial charge in [0, 0.05) is 12.3 Å². The largest absolute Gasteiger partial charge is 0.372 e. The van der Waals surface area contributed by atoms with E-state index in [1.54, 1.807) is 0 Å². The average molecular weight is 327 g/mol. The van der Waals surface area contributed by atoms with Crippen molar-refractivity contribution in [2.75, 3.05) is 66.6 Å². The van der Waals surface area contributed by atoms with Crippen molar-refractivity contribution in [2.24, 2.45) is 5.92 Å². The predicted octanol–water partition coefficient (Wildman–Crippen LogP) is 2.28. The SMILES string of the molecule is C[C@H](C[N+]1(C)CCOCC1)OC[C@@H]1CCC[N+]2(C)CCCC[C@H]12. The van der Waals surface area contributed by atoms with Crippen LogP contribution in [-0.4, -0.2) is 87.8 Å². The minimum atomic E-state index is 0.363. The van der Waals surface area contributed by atoms with Crippen LogP contribution in [-0.2, 0) is 9.47 Å². The molecule has 3 aliphatic heterocycles. The van der Waals surface area contributed by atoms with E-state index in [2.05, 4.69) is 21.0 Å². The van der Waals surface area contributed by atoms with Crippen molar-refractivity contribution in [2.45, 2.75) is 51.2 Å². The molecule has 4 atom stereocenters. The molecule has 0 aliphatic carbocycles. The Morgan fingerprint density at radius 3 is 2.52 bits per heavy atom. The van der Waals surface area contributed by atoms with Gasteiger partial charge in [0.1, 0.15) is 25.7 Å². The van der Waals surface area contributed by atoms with Gasteiger partial charge in [0.2, 0.25) is 0 Å². The molecular formula is C19H38N2O2+2. The van der Waals surface area contributed by atoms with Gasteiger partial charge in [0.25, 0.3) is 0 Å². The average Bonchev–Trinajstić information content (AvgIpc) is 2.52. The molecule has 3 aliphatic rings. The highest BCUT2D eigenvalue weighted by atomic mass is 16.5. The summed E-state index contributed by atoms with van der Waals surface area (Å²) in [6, 6.07) is 0.859. The number of likely N-dealkylation sites (N-methyl/N-ethyl adjacent to an activating group) is 1. The highest BCUT2D eigenvalue weighted by molar-refractivity contribution is 4.79. The number of piperidine rings is 2. The van der Waals surface area contributed by atoms with E-state index in [9.17, 15) is 0 Å². The Morgan fingerprint density at radius 1 is 1.00 bits per heavy atom. The second-order valence-corrected chi connectivity index (χ2v) is 8.90.